The molecule has 0 spiro atoms. The molecule has 0 aliphatic rings. The summed E-state index contributed by atoms with van der Waals surface area (Å²) in [6.07, 6.45) is 1.84. The number of aliphatic hydroxyl groups excluding tert-OH is 1. The minimum atomic E-state index is 0.246. The number of rotatable bonds is 4. The molecule has 1 aromatic carbocycles. The highest BCUT2D eigenvalue weighted by molar-refractivity contribution is 7.99. The lowest BCUT2D eigenvalue weighted by Crippen LogP contribution is -2.03. The van der Waals surface area contributed by atoms with Crippen molar-refractivity contribution in [2.24, 2.45) is 5.92 Å². The average molecular weight is 233 g/mol. The van der Waals surface area contributed by atoms with Gasteiger partial charge in [0.25, 0.3) is 0 Å². The van der Waals surface area contributed by atoms with Crippen molar-refractivity contribution in [1.29, 1.82) is 0 Å². The second-order valence-electron chi connectivity index (χ2n) is 3.92. The van der Waals surface area contributed by atoms with Gasteiger partial charge in [0.1, 0.15) is 0 Å². The summed E-state index contributed by atoms with van der Waals surface area (Å²) in [6.45, 7) is 2.30. The van der Waals surface area contributed by atoms with Gasteiger partial charge in [-0.05, 0) is 18.1 Å². The SMILES string of the molecule is CC(CO)CSc1ccnc2ccccc12. The Morgan fingerprint density at radius 3 is 2.94 bits per heavy atom. The highest BCUT2D eigenvalue weighted by atomic mass is 32.2. The van der Waals surface area contributed by atoms with Crippen LogP contribution in [0, 0.1) is 5.92 Å². The Morgan fingerprint density at radius 1 is 1.31 bits per heavy atom. The molecule has 16 heavy (non-hydrogen) atoms. The third kappa shape index (κ3) is 2.54. The first kappa shape index (κ1) is 11.4. The summed E-state index contributed by atoms with van der Waals surface area (Å²) in [5, 5.41) is 10.2. The lowest BCUT2D eigenvalue weighted by Gasteiger charge is -2.08. The molecule has 0 aliphatic carbocycles. The van der Waals surface area contributed by atoms with Gasteiger partial charge < -0.3 is 5.11 Å². The third-order valence-corrected chi connectivity index (χ3v) is 3.85. The monoisotopic (exact) mass is 233 g/mol. The van der Waals surface area contributed by atoms with Crippen LogP contribution in [-0.2, 0) is 0 Å². The van der Waals surface area contributed by atoms with Crippen molar-refractivity contribution in [3.63, 3.8) is 0 Å². The molecule has 1 N–H and O–H groups in total. The van der Waals surface area contributed by atoms with Gasteiger partial charge in [0, 0.05) is 28.8 Å². The molecule has 84 valence electrons. The first-order valence-corrected chi connectivity index (χ1v) is 6.37. The Bertz CT molecular complexity index is 467. The molecule has 1 aromatic heterocycles. The number of aromatic nitrogens is 1. The fourth-order valence-corrected chi connectivity index (χ4v) is 2.53. The van der Waals surface area contributed by atoms with Crippen LogP contribution < -0.4 is 0 Å². The molecule has 0 saturated carbocycles. The summed E-state index contributed by atoms with van der Waals surface area (Å²) in [4.78, 5) is 5.57. The topological polar surface area (TPSA) is 33.1 Å². The predicted molar refractivity (Wildman–Crippen MR) is 68.7 cm³/mol. The molecule has 0 amide bonds. The Balaban J connectivity index is 2.23. The predicted octanol–water partition coefficient (Wildman–Crippen LogP) is 2.96. The van der Waals surface area contributed by atoms with Crippen molar-refractivity contribution in [2.45, 2.75) is 11.8 Å². The quantitative estimate of drug-likeness (QED) is 0.824. The molecule has 1 unspecified atom stereocenters. The van der Waals surface area contributed by atoms with Crippen molar-refractivity contribution >= 4 is 22.7 Å². The van der Waals surface area contributed by atoms with Gasteiger partial charge in [-0.1, -0.05) is 25.1 Å². The van der Waals surface area contributed by atoms with Crippen LogP contribution >= 0.6 is 11.8 Å². The molecular formula is C13H15NOS. The molecule has 1 atom stereocenters. The number of hydrogen-bond acceptors (Lipinski definition) is 3. The second-order valence-corrected chi connectivity index (χ2v) is 4.99. The van der Waals surface area contributed by atoms with Crippen LogP contribution in [-0.4, -0.2) is 22.5 Å². The average Bonchev–Trinajstić information content (AvgIpc) is 2.35. The number of benzene rings is 1. The second kappa shape index (κ2) is 5.32. The first-order chi connectivity index (χ1) is 7.81. The summed E-state index contributed by atoms with van der Waals surface area (Å²) in [5.41, 5.74) is 1.03. The van der Waals surface area contributed by atoms with Gasteiger partial charge in [-0.2, -0.15) is 0 Å². The Labute approximate surface area is 99.7 Å². The van der Waals surface area contributed by atoms with Crippen molar-refractivity contribution in [1.82, 2.24) is 4.98 Å². The zero-order chi connectivity index (χ0) is 11.4. The van der Waals surface area contributed by atoms with E-state index in [9.17, 15) is 0 Å². The number of hydrogen-bond donors (Lipinski definition) is 1. The van der Waals surface area contributed by atoms with Crippen LogP contribution in [0.2, 0.25) is 0 Å². The summed E-state index contributed by atoms with van der Waals surface area (Å²) < 4.78 is 0. The van der Waals surface area contributed by atoms with Crippen molar-refractivity contribution < 1.29 is 5.11 Å². The summed E-state index contributed by atoms with van der Waals surface area (Å²) >= 11 is 1.78. The minimum Gasteiger partial charge on any atom is -0.396 e. The van der Waals surface area contributed by atoms with E-state index >= 15 is 0 Å². The number of aliphatic hydroxyl groups is 1. The lowest BCUT2D eigenvalue weighted by atomic mass is 10.2. The van der Waals surface area contributed by atoms with E-state index in [0.717, 1.165) is 11.3 Å². The van der Waals surface area contributed by atoms with Gasteiger partial charge in [0.05, 0.1) is 5.52 Å². The molecule has 0 radical (unpaired) electrons. The zero-order valence-electron chi connectivity index (χ0n) is 9.26. The van der Waals surface area contributed by atoms with Gasteiger partial charge >= 0.3 is 0 Å². The Hall–Kier alpha value is -1.06. The van der Waals surface area contributed by atoms with E-state index in [1.54, 1.807) is 11.8 Å². The fourth-order valence-electron chi connectivity index (χ4n) is 1.48. The minimum absolute atomic E-state index is 0.246. The maximum absolute atomic E-state index is 9.00. The molecule has 0 saturated heterocycles. The van der Waals surface area contributed by atoms with E-state index in [0.29, 0.717) is 5.92 Å². The van der Waals surface area contributed by atoms with Crippen molar-refractivity contribution in [3.05, 3.63) is 36.5 Å². The normalized spacial score (nSPS) is 12.9. The number of thioether (sulfide) groups is 1. The Morgan fingerprint density at radius 2 is 2.12 bits per heavy atom. The molecular weight excluding hydrogens is 218 g/mol. The maximum atomic E-state index is 9.00. The highest BCUT2D eigenvalue weighted by Crippen LogP contribution is 2.27. The standard InChI is InChI=1S/C13H15NOS/c1-10(8-15)9-16-13-6-7-14-12-5-3-2-4-11(12)13/h2-7,10,15H,8-9H2,1H3. The fraction of sp³-hybridized carbons (Fsp3) is 0.308. The molecule has 2 nitrogen and oxygen atoms in total. The van der Waals surface area contributed by atoms with Gasteiger partial charge in [-0.15, -0.1) is 11.8 Å². The number of pyridine rings is 1. The zero-order valence-corrected chi connectivity index (χ0v) is 10.1. The largest absolute Gasteiger partial charge is 0.396 e. The Kier molecular flexibility index (Phi) is 3.80. The molecule has 2 rings (SSSR count). The van der Waals surface area contributed by atoms with E-state index in [2.05, 4.69) is 18.0 Å². The number of para-hydroxylation sites is 1. The summed E-state index contributed by atoms with van der Waals surface area (Å²) in [6, 6.07) is 10.2. The van der Waals surface area contributed by atoms with Crippen LogP contribution in [0.15, 0.2) is 41.4 Å². The van der Waals surface area contributed by atoms with E-state index in [1.807, 2.05) is 30.5 Å². The summed E-state index contributed by atoms with van der Waals surface area (Å²) in [5.74, 6) is 1.27. The lowest BCUT2D eigenvalue weighted by molar-refractivity contribution is 0.250. The highest BCUT2D eigenvalue weighted by Gasteiger charge is 2.04. The smallest absolute Gasteiger partial charge is 0.0713 e. The van der Waals surface area contributed by atoms with Crippen LogP contribution in [0.5, 0.6) is 0 Å². The number of fused-ring (bicyclic) bond motifs is 1. The van der Waals surface area contributed by atoms with Gasteiger partial charge in [-0.3, -0.25) is 4.98 Å². The molecule has 1 heterocycles. The molecule has 3 heteroatoms. The molecule has 0 aliphatic heterocycles. The van der Waals surface area contributed by atoms with E-state index in [-0.39, 0.29) is 6.61 Å². The van der Waals surface area contributed by atoms with Crippen LogP contribution in [0.25, 0.3) is 10.9 Å². The van der Waals surface area contributed by atoms with Crippen molar-refractivity contribution in [2.75, 3.05) is 12.4 Å². The summed E-state index contributed by atoms with van der Waals surface area (Å²) in [7, 11) is 0. The van der Waals surface area contributed by atoms with Crippen molar-refractivity contribution in [3.8, 4) is 0 Å². The van der Waals surface area contributed by atoms with Crippen LogP contribution in [0.1, 0.15) is 6.92 Å². The van der Waals surface area contributed by atoms with E-state index in [1.165, 1.54) is 10.3 Å². The van der Waals surface area contributed by atoms with Crippen LogP contribution in [0.3, 0.4) is 0 Å². The van der Waals surface area contributed by atoms with Gasteiger partial charge in [0.2, 0.25) is 0 Å². The molecule has 0 bridgehead atoms. The van der Waals surface area contributed by atoms with Crippen LogP contribution in [0.4, 0.5) is 0 Å². The van der Waals surface area contributed by atoms with E-state index in [4.69, 9.17) is 5.11 Å². The van der Waals surface area contributed by atoms with Gasteiger partial charge in [0.15, 0.2) is 0 Å². The maximum Gasteiger partial charge on any atom is 0.0713 e. The third-order valence-electron chi connectivity index (χ3n) is 2.44. The van der Waals surface area contributed by atoms with Gasteiger partial charge in [-0.25, -0.2) is 0 Å². The molecule has 2 aromatic rings. The number of nitrogens with zero attached hydrogens (tertiary/aromatic N) is 1. The first-order valence-electron chi connectivity index (χ1n) is 5.38. The van der Waals surface area contributed by atoms with E-state index < -0.39 is 0 Å². The molecule has 0 fully saturated rings.